The van der Waals surface area contributed by atoms with Crippen LogP contribution in [0.2, 0.25) is 0 Å². The number of carbonyl (C=O) groups excluding carboxylic acids is 2. The van der Waals surface area contributed by atoms with Gasteiger partial charge in [-0.1, -0.05) is 6.07 Å². The van der Waals surface area contributed by atoms with Gasteiger partial charge in [-0.2, -0.15) is 0 Å². The first-order chi connectivity index (χ1) is 9.97. The maximum absolute atomic E-state index is 12.1. The lowest BCUT2D eigenvalue weighted by molar-refractivity contribution is -0.129. The van der Waals surface area contributed by atoms with Crippen LogP contribution in [-0.2, 0) is 4.79 Å². The number of amides is 2. The highest BCUT2D eigenvalue weighted by Crippen LogP contribution is 2.11. The van der Waals surface area contributed by atoms with E-state index in [1.807, 2.05) is 0 Å². The molecule has 0 aromatic carbocycles. The molecule has 2 amide bonds. The van der Waals surface area contributed by atoms with Crippen molar-refractivity contribution in [2.75, 3.05) is 13.1 Å². The summed E-state index contributed by atoms with van der Waals surface area (Å²) in [4.78, 5) is 39.7. The molecular weight excluding hydrogens is 274 g/mol. The first-order valence-electron chi connectivity index (χ1n) is 6.74. The quantitative estimate of drug-likeness (QED) is 0.845. The van der Waals surface area contributed by atoms with Crippen LogP contribution >= 0.6 is 0 Å². The Hall–Kier alpha value is -2.44. The molecule has 0 saturated carbocycles. The van der Waals surface area contributed by atoms with E-state index in [1.165, 1.54) is 25.1 Å². The molecule has 1 saturated heterocycles. The number of likely N-dealkylation sites (tertiary alicyclic amines) is 1. The molecule has 0 radical (unpaired) electrons. The zero-order valence-electron chi connectivity index (χ0n) is 11.7. The van der Waals surface area contributed by atoms with Crippen molar-refractivity contribution in [1.29, 1.82) is 0 Å². The summed E-state index contributed by atoms with van der Waals surface area (Å²) in [6, 6.07) is 4.28. The summed E-state index contributed by atoms with van der Waals surface area (Å²) < 4.78 is 0. The van der Waals surface area contributed by atoms with E-state index in [0.717, 1.165) is 0 Å². The third-order valence-electron chi connectivity index (χ3n) is 3.48. The number of piperidine rings is 1. The highest BCUT2D eigenvalue weighted by molar-refractivity contribution is 5.94. The van der Waals surface area contributed by atoms with Crippen molar-refractivity contribution in [2.45, 2.75) is 25.8 Å². The Bertz CT molecular complexity index is 565. The third kappa shape index (κ3) is 3.77. The van der Waals surface area contributed by atoms with E-state index < -0.39 is 5.97 Å². The summed E-state index contributed by atoms with van der Waals surface area (Å²) >= 11 is 0. The third-order valence-corrected chi connectivity index (χ3v) is 3.48. The lowest BCUT2D eigenvalue weighted by Crippen LogP contribution is -2.46. The van der Waals surface area contributed by atoms with Gasteiger partial charge in [0.2, 0.25) is 5.91 Å². The van der Waals surface area contributed by atoms with Crippen molar-refractivity contribution in [3.63, 3.8) is 0 Å². The fourth-order valence-corrected chi connectivity index (χ4v) is 2.28. The van der Waals surface area contributed by atoms with Crippen LogP contribution in [0.1, 0.15) is 40.7 Å². The molecule has 0 bridgehead atoms. The molecule has 2 heterocycles. The molecule has 21 heavy (non-hydrogen) atoms. The maximum atomic E-state index is 12.1. The van der Waals surface area contributed by atoms with Crippen LogP contribution in [-0.4, -0.2) is 51.9 Å². The molecule has 2 N–H and O–H groups in total. The van der Waals surface area contributed by atoms with Crippen molar-refractivity contribution in [3.05, 3.63) is 29.6 Å². The summed E-state index contributed by atoms with van der Waals surface area (Å²) in [7, 11) is 0. The molecule has 0 unspecified atom stereocenters. The second-order valence-electron chi connectivity index (χ2n) is 4.97. The van der Waals surface area contributed by atoms with Gasteiger partial charge >= 0.3 is 5.97 Å². The minimum Gasteiger partial charge on any atom is -0.477 e. The standard InChI is InChI=1S/C14H17N3O4/c1-9(18)17-7-5-10(6-8-17)15-13(19)11-3-2-4-12(16-11)14(20)21/h2-4,10H,5-8H2,1H3,(H,15,19)(H,20,21). The number of nitrogens with one attached hydrogen (secondary N) is 1. The van der Waals surface area contributed by atoms with E-state index in [0.29, 0.717) is 25.9 Å². The molecule has 2 rings (SSSR count). The van der Waals surface area contributed by atoms with Crippen molar-refractivity contribution in [2.24, 2.45) is 0 Å². The monoisotopic (exact) mass is 291 g/mol. The predicted molar refractivity (Wildman–Crippen MR) is 73.9 cm³/mol. The van der Waals surface area contributed by atoms with Crippen LogP contribution in [0.5, 0.6) is 0 Å². The minimum absolute atomic E-state index is 0.0246. The van der Waals surface area contributed by atoms with Crippen LogP contribution < -0.4 is 5.32 Å². The van der Waals surface area contributed by atoms with Gasteiger partial charge in [-0.15, -0.1) is 0 Å². The number of pyridine rings is 1. The van der Waals surface area contributed by atoms with Crippen LogP contribution in [0.15, 0.2) is 18.2 Å². The lowest BCUT2D eigenvalue weighted by atomic mass is 10.0. The Morgan fingerprint density at radius 3 is 2.43 bits per heavy atom. The number of carboxylic acid groups (broad SMARTS) is 1. The van der Waals surface area contributed by atoms with Gasteiger partial charge in [-0.25, -0.2) is 9.78 Å². The molecule has 7 nitrogen and oxygen atoms in total. The SMILES string of the molecule is CC(=O)N1CCC(NC(=O)c2cccc(C(=O)O)n2)CC1. The van der Waals surface area contributed by atoms with E-state index in [2.05, 4.69) is 10.3 Å². The van der Waals surface area contributed by atoms with Crippen molar-refractivity contribution in [3.8, 4) is 0 Å². The average Bonchev–Trinajstić information content (AvgIpc) is 2.48. The van der Waals surface area contributed by atoms with E-state index >= 15 is 0 Å². The van der Waals surface area contributed by atoms with Gasteiger partial charge in [0, 0.05) is 26.1 Å². The topological polar surface area (TPSA) is 99.6 Å². The molecule has 1 aliphatic heterocycles. The fraction of sp³-hybridized carbons (Fsp3) is 0.429. The fourth-order valence-electron chi connectivity index (χ4n) is 2.28. The number of aromatic nitrogens is 1. The number of nitrogens with zero attached hydrogens (tertiary/aromatic N) is 2. The van der Waals surface area contributed by atoms with Crippen molar-refractivity contribution in [1.82, 2.24) is 15.2 Å². The van der Waals surface area contributed by atoms with Crippen molar-refractivity contribution < 1.29 is 19.5 Å². The smallest absolute Gasteiger partial charge is 0.354 e. The molecule has 0 atom stereocenters. The molecule has 1 aliphatic rings. The van der Waals surface area contributed by atoms with Gasteiger partial charge in [0.05, 0.1) is 0 Å². The summed E-state index contributed by atoms with van der Waals surface area (Å²) in [5, 5.41) is 11.7. The molecule has 0 aliphatic carbocycles. The van der Waals surface area contributed by atoms with Gasteiger partial charge < -0.3 is 15.3 Å². The van der Waals surface area contributed by atoms with Crippen LogP contribution in [0, 0.1) is 0 Å². The first kappa shape index (κ1) is 15.0. The lowest BCUT2D eigenvalue weighted by Gasteiger charge is -2.31. The number of carboxylic acids is 1. The van der Waals surface area contributed by atoms with Crippen LogP contribution in [0.3, 0.4) is 0 Å². The Morgan fingerprint density at radius 2 is 1.86 bits per heavy atom. The Morgan fingerprint density at radius 1 is 1.24 bits per heavy atom. The molecule has 7 heteroatoms. The Labute approximate surface area is 122 Å². The number of hydrogen-bond donors (Lipinski definition) is 2. The van der Waals surface area contributed by atoms with Gasteiger partial charge in [0.1, 0.15) is 11.4 Å². The van der Waals surface area contributed by atoms with Gasteiger partial charge in [0.25, 0.3) is 5.91 Å². The number of rotatable bonds is 3. The van der Waals surface area contributed by atoms with Crippen LogP contribution in [0.4, 0.5) is 0 Å². The van der Waals surface area contributed by atoms with Gasteiger partial charge in [-0.3, -0.25) is 9.59 Å². The molecular formula is C14H17N3O4. The molecule has 1 fully saturated rings. The molecule has 112 valence electrons. The highest BCUT2D eigenvalue weighted by Gasteiger charge is 2.23. The van der Waals surface area contributed by atoms with Gasteiger partial charge in [0.15, 0.2) is 0 Å². The zero-order chi connectivity index (χ0) is 15.4. The number of aromatic carboxylic acids is 1. The van der Waals surface area contributed by atoms with Gasteiger partial charge in [-0.05, 0) is 25.0 Å². The summed E-state index contributed by atoms with van der Waals surface area (Å²) in [6.07, 6.45) is 1.37. The largest absolute Gasteiger partial charge is 0.477 e. The summed E-state index contributed by atoms with van der Waals surface area (Å²) in [6.45, 7) is 2.76. The van der Waals surface area contributed by atoms with Crippen LogP contribution in [0.25, 0.3) is 0 Å². The second-order valence-corrected chi connectivity index (χ2v) is 4.97. The zero-order valence-corrected chi connectivity index (χ0v) is 11.7. The van der Waals surface area contributed by atoms with E-state index in [9.17, 15) is 14.4 Å². The number of hydrogen-bond acceptors (Lipinski definition) is 4. The second kappa shape index (κ2) is 6.34. The predicted octanol–water partition coefficient (Wildman–Crippen LogP) is 0.520. The molecule has 1 aromatic rings. The normalized spacial score (nSPS) is 15.6. The highest BCUT2D eigenvalue weighted by atomic mass is 16.4. The molecule has 1 aromatic heterocycles. The summed E-state index contributed by atoms with van der Waals surface area (Å²) in [5.74, 6) is -1.52. The Balaban J connectivity index is 1.95. The first-order valence-corrected chi connectivity index (χ1v) is 6.74. The minimum atomic E-state index is -1.17. The van der Waals surface area contributed by atoms with Crippen molar-refractivity contribution >= 4 is 17.8 Å². The maximum Gasteiger partial charge on any atom is 0.354 e. The van der Waals surface area contributed by atoms with E-state index in [4.69, 9.17) is 5.11 Å². The van der Waals surface area contributed by atoms with E-state index in [1.54, 1.807) is 4.90 Å². The number of carbonyl (C=O) groups is 3. The average molecular weight is 291 g/mol. The summed E-state index contributed by atoms with van der Waals surface area (Å²) in [5.41, 5.74) is -0.0713. The van der Waals surface area contributed by atoms with E-state index in [-0.39, 0.29) is 29.2 Å². The Kier molecular flexibility index (Phi) is 4.52. The molecule has 0 spiro atoms.